The van der Waals surface area contributed by atoms with Crippen LogP contribution in [0.5, 0.6) is 0 Å². The fourth-order valence-electron chi connectivity index (χ4n) is 2.24. The number of carbonyl (C=O) groups is 1. The molecule has 1 fully saturated rings. The summed E-state index contributed by atoms with van der Waals surface area (Å²) in [5.74, 6) is 1.27. The van der Waals surface area contributed by atoms with Crippen molar-refractivity contribution >= 4 is 45.0 Å². The summed E-state index contributed by atoms with van der Waals surface area (Å²) in [6, 6.07) is 5.26. The van der Waals surface area contributed by atoms with Gasteiger partial charge in [0.2, 0.25) is 0 Å². The molecule has 1 aliphatic heterocycles. The smallest absolute Gasteiger partial charge is 0.255 e. The van der Waals surface area contributed by atoms with Gasteiger partial charge in [-0.1, -0.05) is 11.6 Å². The predicted octanol–water partition coefficient (Wildman–Crippen LogP) is 4.19. The van der Waals surface area contributed by atoms with Crippen LogP contribution in [0.4, 0.5) is 0 Å². The highest BCUT2D eigenvalue weighted by molar-refractivity contribution is 9.10. The Morgan fingerprint density at radius 1 is 1.50 bits per heavy atom. The first-order valence-corrected chi connectivity index (χ1v) is 7.62. The van der Waals surface area contributed by atoms with Crippen molar-refractivity contribution in [2.75, 3.05) is 19.0 Å². The van der Waals surface area contributed by atoms with E-state index in [1.807, 2.05) is 4.90 Å². The maximum atomic E-state index is 12.3. The van der Waals surface area contributed by atoms with Crippen molar-refractivity contribution in [3.63, 3.8) is 0 Å². The molecule has 0 saturated carbocycles. The van der Waals surface area contributed by atoms with E-state index in [9.17, 15) is 4.79 Å². The van der Waals surface area contributed by atoms with Crippen molar-refractivity contribution in [2.24, 2.45) is 5.92 Å². The van der Waals surface area contributed by atoms with Gasteiger partial charge in [0.05, 0.1) is 5.56 Å². The molecule has 1 amide bonds. The Labute approximate surface area is 125 Å². The van der Waals surface area contributed by atoms with E-state index in [-0.39, 0.29) is 5.91 Å². The minimum atomic E-state index is 0.0654. The summed E-state index contributed by atoms with van der Waals surface area (Å²) < 4.78 is 0.751. The summed E-state index contributed by atoms with van der Waals surface area (Å²) in [5, 5.41) is 0.625. The maximum Gasteiger partial charge on any atom is 0.255 e. The molecule has 0 aliphatic carbocycles. The average Bonchev–Trinajstić information content (AvgIpc) is 2.77. The number of nitrogens with zero attached hydrogens (tertiary/aromatic N) is 1. The van der Waals surface area contributed by atoms with Gasteiger partial charge in [-0.3, -0.25) is 4.79 Å². The van der Waals surface area contributed by atoms with Gasteiger partial charge < -0.3 is 4.90 Å². The molecule has 2 rings (SSSR count). The molecule has 1 aliphatic rings. The van der Waals surface area contributed by atoms with Crippen molar-refractivity contribution in [1.82, 2.24) is 4.90 Å². The van der Waals surface area contributed by atoms with E-state index in [4.69, 9.17) is 23.2 Å². The number of likely N-dealkylation sites (tertiary alicyclic amines) is 1. The molecule has 1 unspecified atom stereocenters. The maximum absolute atomic E-state index is 12.3. The lowest BCUT2D eigenvalue weighted by molar-refractivity contribution is 0.0786. The van der Waals surface area contributed by atoms with E-state index < -0.39 is 0 Å². The van der Waals surface area contributed by atoms with Gasteiger partial charge in [0.15, 0.2) is 0 Å². The largest absolute Gasteiger partial charge is 0.338 e. The summed E-state index contributed by atoms with van der Waals surface area (Å²) in [5.41, 5.74) is 0.672. The molecule has 0 radical (unpaired) electrons. The lowest BCUT2D eigenvalue weighted by atomic mass is 10.1. The molecular formula is C13H14BrCl2NO. The van der Waals surface area contributed by atoms with E-state index >= 15 is 0 Å². The van der Waals surface area contributed by atoms with Gasteiger partial charge >= 0.3 is 0 Å². The number of alkyl halides is 1. The van der Waals surface area contributed by atoms with Crippen LogP contribution in [0, 0.1) is 5.92 Å². The van der Waals surface area contributed by atoms with Gasteiger partial charge in [0.25, 0.3) is 5.91 Å². The normalized spacial score (nSPS) is 19.3. The topological polar surface area (TPSA) is 20.3 Å². The van der Waals surface area contributed by atoms with E-state index in [1.54, 1.807) is 18.2 Å². The quantitative estimate of drug-likeness (QED) is 0.748. The minimum Gasteiger partial charge on any atom is -0.338 e. The predicted molar refractivity (Wildman–Crippen MR) is 78.5 cm³/mol. The van der Waals surface area contributed by atoms with Crippen LogP contribution in [0.1, 0.15) is 23.2 Å². The fraction of sp³-hybridized carbons (Fsp3) is 0.462. The molecule has 1 saturated heterocycles. The van der Waals surface area contributed by atoms with Crippen molar-refractivity contribution in [2.45, 2.75) is 12.8 Å². The zero-order chi connectivity index (χ0) is 13.1. The number of benzene rings is 1. The summed E-state index contributed by atoms with van der Waals surface area (Å²) >= 11 is 15.0. The molecule has 1 aromatic rings. The molecule has 0 aromatic heterocycles. The van der Waals surface area contributed by atoms with Gasteiger partial charge in [-0.15, -0.1) is 11.6 Å². The van der Waals surface area contributed by atoms with Crippen LogP contribution in [0.2, 0.25) is 5.02 Å². The SMILES string of the molecule is O=C(c1ccc(Cl)cc1Br)N1CCC(CCCl)C1. The first kappa shape index (κ1) is 14.2. The summed E-state index contributed by atoms with van der Waals surface area (Å²) in [7, 11) is 0. The summed E-state index contributed by atoms with van der Waals surface area (Å²) in [4.78, 5) is 14.2. The second-order valence-corrected chi connectivity index (χ2v) is 6.18. The Kier molecular flexibility index (Phi) is 4.93. The molecule has 0 bridgehead atoms. The zero-order valence-electron chi connectivity index (χ0n) is 9.83. The van der Waals surface area contributed by atoms with Crippen LogP contribution in [0.25, 0.3) is 0 Å². The van der Waals surface area contributed by atoms with Gasteiger partial charge in [0.1, 0.15) is 0 Å². The van der Waals surface area contributed by atoms with Crippen LogP contribution in [0.3, 0.4) is 0 Å². The number of amides is 1. The van der Waals surface area contributed by atoms with Crippen LogP contribution in [-0.2, 0) is 0 Å². The number of rotatable bonds is 3. The summed E-state index contributed by atoms with van der Waals surface area (Å²) in [6.45, 7) is 1.62. The molecule has 1 heterocycles. The molecule has 1 aromatic carbocycles. The zero-order valence-corrected chi connectivity index (χ0v) is 12.9. The lowest BCUT2D eigenvalue weighted by Gasteiger charge is -2.17. The summed E-state index contributed by atoms with van der Waals surface area (Å²) in [6.07, 6.45) is 2.02. The second kappa shape index (κ2) is 6.27. The lowest BCUT2D eigenvalue weighted by Crippen LogP contribution is -2.29. The van der Waals surface area contributed by atoms with Gasteiger partial charge in [-0.05, 0) is 52.9 Å². The molecule has 0 spiro atoms. The number of carbonyl (C=O) groups excluding carboxylic acids is 1. The van der Waals surface area contributed by atoms with Gasteiger partial charge in [-0.2, -0.15) is 0 Å². The van der Waals surface area contributed by atoms with E-state index in [0.29, 0.717) is 22.4 Å². The highest BCUT2D eigenvalue weighted by Gasteiger charge is 2.27. The third-order valence-corrected chi connectivity index (χ3v) is 4.36. The van der Waals surface area contributed by atoms with Crippen LogP contribution >= 0.6 is 39.1 Å². The molecule has 2 nitrogen and oxygen atoms in total. The minimum absolute atomic E-state index is 0.0654. The molecule has 0 N–H and O–H groups in total. The fourth-order valence-corrected chi connectivity index (χ4v) is 3.40. The first-order chi connectivity index (χ1) is 8.61. The Morgan fingerprint density at radius 2 is 2.28 bits per heavy atom. The Bertz CT molecular complexity index is 453. The van der Waals surface area contributed by atoms with Crippen LogP contribution in [0.15, 0.2) is 22.7 Å². The number of hydrogen-bond donors (Lipinski definition) is 0. The number of hydrogen-bond acceptors (Lipinski definition) is 1. The highest BCUT2D eigenvalue weighted by atomic mass is 79.9. The van der Waals surface area contributed by atoms with Crippen LogP contribution in [-0.4, -0.2) is 29.8 Å². The Morgan fingerprint density at radius 3 is 2.94 bits per heavy atom. The second-order valence-electron chi connectivity index (χ2n) is 4.51. The highest BCUT2D eigenvalue weighted by Crippen LogP contribution is 2.26. The Hall–Kier alpha value is -0.250. The molecule has 5 heteroatoms. The van der Waals surface area contributed by atoms with Crippen molar-refractivity contribution < 1.29 is 4.79 Å². The third kappa shape index (κ3) is 3.19. The molecule has 98 valence electrons. The molecule has 1 atom stereocenters. The van der Waals surface area contributed by atoms with E-state index in [2.05, 4.69) is 15.9 Å². The monoisotopic (exact) mass is 349 g/mol. The molecule has 18 heavy (non-hydrogen) atoms. The van der Waals surface area contributed by atoms with Gasteiger partial charge in [0, 0.05) is 28.5 Å². The standard InChI is InChI=1S/C13H14BrCl2NO/c14-12-7-10(16)1-2-11(12)13(18)17-6-4-9(8-17)3-5-15/h1-2,7,9H,3-6,8H2. The third-order valence-electron chi connectivity index (χ3n) is 3.25. The number of halogens is 3. The van der Waals surface area contributed by atoms with Gasteiger partial charge in [-0.25, -0.2) is 0 Å². The Balaban J connectivity index is 2.08. The van der Waals surface area contributed by atoms with Crippen molar-refractivity contribution in [1.29, 1.82) is 0 Å². The van der Waals surface area contributed by atoms with E-state index in [0.717, 1.165) is 30.4 Å². The average molecular weight is 351 g/mol. The van der Waals surface area contributed by atoms with Crippen LogP contribution < -0.4 is 0 Å². The van der Waals surface area contributed by atoms with E-state index in [1.165, 1.54) is 0 Å². The van der Waals surface area contributed by atoms with Crippen molar-refractivity contribution in [3.8, 4) is 0 Å². The first-order valence-electron chi connectivity index (χ1n) is 5.92. The van der Waals surface area contributed by atoms with Crippen molar-refractivity contribution in [3.05, 3.63) is 33.3 Å². The molecular weight excluding hydrogens is 337 g/mol.